The molecule has 0 aliphatic carbocycles. The van der Waals surface area contributed by atoms with Crippen molar-refractivity contribution in [3.63, 3.8) is 0 Å². The first-order valence-corrected chi connectivity index (χ1v) is 9.22. The van der Waals surface area contributed by atoms with Crippen LogP contribution in [0.4, 0.5) is 11.5 Å². The summed E-state index contributed by atoms with van der Waals surface area (Å²) < 4.78 is 0.855. The van der Waals surface area contributed by atoms with Gasteiger partial charge in [-0.2, -0.15) is 0 Å². The van der Waals surface area contributed by atoms with Gasteiger partial charge in [0.15, 0.2) is 5.78 Å². The summed E-state index contributed by atoms with van der Waals surface area (Å²) in [5.74, 6) is 3.28. The number of rotatable bonds is 6. The third kappa shape index (κ3) is 4.57. The van der Waals surface area contributed by atoms with Crippen molar-refractivity contribution in [3.05, 3.63) is 64.7 Å². The zero-order valence-electron chi connectivity index (χ0n) is 14.7. The van der Waals surface area contributed by atoms with E-state index in [9.17, 15) is 4.79 Å². The van der Waals surface area contributed by atoms with Crippen molar-refractivity contribution < 1.29 is 4.79 Å². The molecule has 3 aromatic rings. The van der Waals surface area contributed by atoms with Gasteiger partial charge in [0.2, 0.25) is 0 Å². The molecule has 27 heavy (non-hydrogen) atoms. The average Bonchev–Trinajstić information content (AvgIpc) is 2.68. The minimum atomic E-state index is 0.0154. The van der Waals surface area contributed by atoms with Crippen molar-refractivity contribution >= 4 is 44.1 Å². The standard InChI is InChI=1S/C21H17BrN4O/c1-3-5-6-17(27)10-16-11-18-20(12-23-16)24-13-25-21(18)26-15-7-8-19(22)14(4-2)9-15/h2,5-9,11-13H,3,10H2,1H3,(H,24,25,26)/b6-5+. The van der Waals surface area contributed by atoms with Crippen LogP contribution in [-0.4, -0.2) is 20.7 Å². The van der Waals surface area contributed by atoms with E-state index in [0.29, 0.717) is 17.0 Å². The maximum absolute atomic E-state index is 12.0. The Balaban J connectivity index is 1.93. The van der Waals surface area contributed by atoms with Crippen LogP contribution in [0.2, 0.25) is 0 Å². The number of nitrogens with one attached hydrogen (secondary N) is 1. The molecule has 3 rings (SSSR count). The molecule has 1 N–H and O–H groups in total. The van der Waals surface area contributed by atoms with Crippen LogP contribution in [0.1, 0.15) is 24.6 Å². The van der Waals surface area contributed by atoms with E-state index >= 15 is 0 Å². The van der Waals surface area contributed by atoms with E-state index in [-0.39, 0.29) is 12.2 Å². The minimum absolute atomic E-state index is 0.0154. The van der Waals surface area contributed by atoms with Gasteiger partial charge in [-0.05, 0) is 52.7 Å². The van der Waals surface area contributed by atoms with Crippen LogP contribution < -0.4 is 5.32 Å². The monoisotopic (exact) mass is 420 g/mol. The molecule has 0 saturated carbocycles. The summed E-state index contributed by atoms with van der Waals surface area (Å²) in [4.78, 5) is 24.9. The fourth-order valence-corrected chi connectivity index (χ4v) is 2.90. The molecule has 0 bridgehead atoms. The van der Waals surface area contributed by atoms with Gasteiger partial charge in [-0.15, -0.1) is 6.42 Å². The lowest BCUT2D eigenvalue weighted by Gasteiger charge is -2.10. The molecule has 0 spiro atoms. The van der Waals surface area contributed by atoms with E-state index in [1.54, 1.807) is 12.3 Å². The molecule has 2 heterocycles. The molecular formula is C21H17BrN4O. The highest BCUT2D eigenvalue weighted by Gasteiger charge is 2.09. The van der Waals surface area contributed by atoms with Crippen LogP contribution >= 0.6 is 15.9 Å². The SMILES string of the molecule is C#Cc1cc(Nc2ncnc3cnc(CC(=O)/C=C/CC)cc23)ccc1Br. The van der Waals surface area contributed by atoms with Crippen molar-refractivity contribution in [2.75, 3.05) is 5.32 Å². The summed E-state index contributed by atoms with van der Waals surface area (Å²) in [7, 11) is 0. The van der Waals surface area contributed by atoms with E-state index in [0.717, 1.165) is 27.5 Å². The Morgan fingerprint density at radius 2 is 2.15 bits per heavy atom. The number of terminal acetylenes is 1. The quantitative estimate of drug-likeness (QED) is 0.466. The van der Waals surface area contributed by atoms with Gasteiger partial charge in [0.25, 0.3) is 0 Å². The maximum Gasteiger partial charge on any atom is 0.161 e. The largest absolute Gasteiger partial charge is 0.340 e. The number of allylic oxidation sites excluding steroid dienone is 2. The zero-order chi connectivity index (χ0) is 19.2. The van der Waals surface area contributed by atoms with Gasteiger partial charge in [-0.3, -0.25) is 9.78 Å². The number of ketones is 1. The molecule has 0 fully saturated rings. The number of fused-ring (bicyclic) bond motifs is 1. The van der Waals surface area contributed by atoms with E-state index < -0.39 is 0 Å². The van der Waals surface area contributed by atoms with Crippen molar-refractivity contribution in [2.24, 2.45) is 0 Å². The lowest BCUT2D eigenvalue weighted by molar-refractivity contribution is -0.114. The number of hydrogen-bond acceptors (Lipinski definition) is 5. The summed E-state index contributed by atoms with van der Waals surface area (Å²) >= 11 is 3.42. The number of nitrogens with zero attached hydrogens (tertiary/aromatic N) is 3. The van der Waals surface area contributed by atoms with Crippen molar-refractivity contribution in [1.82, 2.24) is 15.0 Å². The highest BCUT2D eigenvalue weighted by Crippen LogP contribution is 2.26. The molecule has 5 nitrogen and oxygen atoms in total. The molecule has 0 amide bonds. The molecule has 6 heteroatoms. The lowest BCUT2D eigenvalue weighted by atomic mass is 10.1. The number of hydrogen-bond donors (Lipinski definition) is 1. The smallest absolute Gasteiger partial charge is 0.161 e. The highest BCUT2D eigenvalue weighted by molar-refractivity contribution is 9.10. The Bertz CT molecular complexity index is 1070. The van der Waals surface area contributed by atoms with E-state index in [2.05, 4.69) is 42.1 Å². The van der Waals surface area contributed by atoms with Crippen LogP contribution in [0.3, 0.4) is 0 Å². The second-order valence-electron chi connectivity index (χ2n) is 5.83. The lowest BCUT2D eigenvalue weighted by Crippen LogP contribution is -2.02. The highest BCUT2D eigenvalue weighted by atomic mass is 79.9. The maximum atomic E-state index is 12.0. The molecule has 0 aliphatic rings. The predicted molar refractivity (Wildman–Crippen MR) is 111 cm³/mol. The fraction of sp³-hybridized carbons (Fsp3) is 0.143. The van der Waals surface area contributed by atoms with Gasteiger partial charge in [0.05, 0.1) is 18.1 Å². The van der Waals surface area contributed by atoms with Crippen LogP contribution in [0, 0.1) is 12.3 Å². The second kappa shape index (κ2) is 8.56. The molecule has 0 unspecified atom stereocenters. The Morgan fingerprint density at radius 3 is 2.93 bits per heavy atom. The molecule has 134 valence electrons. The number of pyridine rings is 1. The average molecular weight is 421 g/mol. The van der Waals surface area contributed by atoms with Crippen LogP contribution in [0.25, 0.3) is 10.9 Å². The molecule has 0 radical (unpaired) electrons. The Kier molecular flexibility index (Phi) is 5.94. The van der Waals surface area contributed by atoms with E-state index in [1.165, 1.54) is 6.33 Å². The van der Waals surface area contributed by atoms with Crippen LogP contribution in [0.15, 0.2) is 53.4 Å². The van der Waals surface area contributed by atoms with Crippen molar-refractivity contribution in [3.8, 4) is 12.3 Å². The third-order valence-corrected chi connectivity index (χ3v) is 4.55. The van der Waals surface area contributed by atoms with Gasteiger partial charge < -0.3 is 5.32 Å². The van der Waals surface area contributed by atoms with Gasteiger partial charge in [0, 0.05) is 26.8 Å². The summed E-state index contributed by atoms with van der Waals surface area (Å²) in [6, 6.07) is 7.49. The molecular weight excluding hydrogens is 404 g/mol. The number of carbonyl (C=O) groups is 1. The van der Waals surface area contributed by atoms with E-state index in [4.69, 9.17) is 6.42 Å². The van der Waals surface area contributed by atoms with Crippen LogP contribution in [0.5, 0.6) is 0 Å². The number of halogens is 1. The summed E-state index contributed by atoms with van der Waals surface area (Å²) in [6.45, 7) is 1.99. The topological polar surface area (TPSA) is 67.8 Å². The molecule has 0 atom stereocenters. The summed E-state index contributed by atoms with van der Waals surface area (Å²) in [6.07, 6.45) is 13.2. The van der Waals surface area contributed by atoms with Crippen molar-refractivity contribution in [1.29, 1.82) is 0 Å². The molecule has 1 aromatic carbocycles. The van der Waals surface area contributed by atoms with E-state index in [1.807, 2.05) is 37.3 Å². The molecule has 0 aliphatic heterocycles. The second-order valence-corrected chi connectivity index (χ2v) is 6.69. The minimum Gasteiger partial charge on any atom is -0.340 e. The van der Waals surface area contributed by atoms with Gasteiger partial charge >= 0.3 is 0 Å². The fourth-order valence-electron chi connectivity index (χ4n) is 2.54. The number of anilines is 2. The Hall–Kier alpha value is -3.04. The van der Waals surface area contributed by atoms with Gasteiger partial charge in [-0.1, -0.05) is 18.9 Å². The first kappa shape index (κ1) is 18.7. The van der Waals surface area contributed by atoms with Crippen LogP contribution in [-0.2, 0) is 11.2 Å². The number of carbonyl (C=O) groups excluding carboxylic acids is 1. The normalized spacial score (nSPS) is 10.9. The molecule has 2 aromatic heterocycles. The third-order valence-electron chi connectivity index (χ3n) is 3.86. The molecule has 0 saturated heterocycles. The number of aromatic nitrogens is 3. The summed E-state index contributed by atoms with van der Waals surface area (Å²) in [5, 5.41) is 4.06. The summed E-state index contributed by atoms with van der Waals surface area (Å²) in [5.41, 5.74) is 2.92. The first-order chi connectivity index (χ1) is 13.1. The van der Waals surface area contributed by atoms with Crippen molar-refractivity contribution in [2.45, 2.75) is 19.8 Å². The number of benzene rings is 1. The Labute approximate surface area is 166 Å². The predicted octanol–water partition coefficient (Wildman–Crippen LogP) is 4.59. The Morgan fingerprint density at radius 1 is 1.30 bits per heavy atom. The van der Waals surface area contributed by atoms with Gasteiger partial charge in [-0.25, -0.2) is 9.97 Å². The zero-order valence-corrected chi connectivity index (χ0v) is 16.3. The van der Waals surface area contributed by atoms with Gasteiger partial charge in [0.1, 0.15) is 12.1 Å². The first-order valence-electron chi connectivity index (χ1n) is 8.43.